The van der Waals surface area contributed by atoms with Crippen LogP contribution in [0.5, 0.6) is 0 Å². The highest BCUT2D eigenvalue weighted by molar-refractivity contribution is 5.91. The molecule has 0 saturated carbocycles. The molecule has 1 aliphatic rings. The van der Waals surface area contributed by atoms with Crippen molar-refractivity contribution in [1.29, 1.82) is 0 Å². The Morgan fingerprint density at radius 3 is 2.56 bits per heavy atom. The van der Waals surface area contributed by atoms with Crippen molar-refractivity contribution < 1.29 is 4.79 Å². The molecule has 1 amide bonds. The molecule has 0 unspecified atom stereocenters. The van der Waals surface area contributed by atoms with Crippen LogP contribution in [0.4, 0.5) is 0 Å². The zero-order valence-corrected chi connectivity index (χ0v) is 9.23. The van der Waals surface area contributed by atoms with Crippen LogP contribution in [-0.2, 0) is 4.79 Å². The number of nitrogens with zero attached hydrogens (tertiary/aromatic N) is 1. The molecule has 1 saturated heterocycles. The molecule has 1 aromatic rings. The first-order chi connectivity index (χ1) is 7.86. The maximum absolute atomic E-state index is 11.8. The molecular weight excluding hydrogens is 200 g/mol. The largest absolute Gasteiger partial charge is 0.337 e. The fourth-order valence-electron chi connectivity index (χ4n) is 1.72. The van der Waals surface area contributed by atoms with Gasteiger partial charge in [-0.1, -0.05) is 30.3 Å². The summed E-state index contributed by atoms with van der Waals surface area (Å²) in [5.41, 5.74) is 1.06. The molecule has 0 radical (unpaired) electrons. The topological polar surface area (TPSA) is 32.3 Å². The minimum atomic E-state index is 0.102. The Morgan fingerprint density at radius 2 is 1.88 bits per heavy atom. The first kappa shape index (κ1) is 10.9. The highest BCUT2D eigenvalue weighted by atomic mass is 16.2. The fraction of sp³-hybridized carbons (Fsp3) is 0.308. The molecule has 0 aliphatic carbocycles. The summed E-state index contributed by atoms with van der Waals surface area (Å²) in [6.45, 7) is 3.39. The number of piperazine rings is 1. The third-order valence-electron chi connectivity index (χ3n) is 2.65. The number of amides is 1. The van der Waals surface area contributed by atoms with E-state index in [2.05, 4.69) is 5.32 Å². The highest BCUT2D eigenvalue weighted by Crippen LogP contribution is 2.02. The zero-order valence-electron chi connectivity index (χ0n) is 9.23. The smallest absolute Gasteiger partial charge is 0.246 e. The lowest BCUT2D eigenvalue weighted by Gasteiger charge is -2.26. The highest BCUT2D eigenvalue weighted by Gasteiger charge is 2.12. The summed E-state index contributed by atoms with van der Waals surface area (Å²) in [7, 11) is 0. The molecule has 1 N–H and O–H groups in total. The number of carbonyl (C=O) groups excluding carboxylic acids is 1. The molecular formula is C13H16N2O. The summed E-state index contributed by atoms with van der Waals surface area (Å²) in [6.07, 6.45) is 3.52. The molecule has 3 nitrogen and oxygen atoms in total. The second kappa shape index (κ2) is 5.47. The number of nitrogens with one attached hydrogen (secondary N) is 1. The third-order valence-corrected chi connectivity index (χ3v) is 2.65. The molecule has 84 valence electrons. The molecule has 1 heterocycles. The van der Waals surface area contributed by atoms with Crippen molar-refractivity contribution in [3.63, 3.8) is 0 Å². The van der Waals surface area contributed by atoms with E-state index in [0.29, 0.717) is 0 Å². The van der Waals surface area contributed by atoms with E-state index in [-0.39, 0.29) is 5.91 Å². The predicted octanol–water partition coefficient (Wildman–Crippen LogP) is 1.13. The van der Waals surface area contributed by atoms with Crippen molar-refractivity contribution in [2.45, 2.75) is 0 Å². The van der Waals surface area contributed by atoms with Gasteiger partial charge in [-0.25, -0.2) is 0 Å². The second-order valence-corrected chi connectivity index (χ2v) is 3.82. The van der Waals surface area contributed by atoms with E-state index in [9.17, 15) is 4.79 Å². The van der Waals surface area contributed by atoms with E-state index in [0.717, 1.165) is 31.7 Å². The molecule has 0 spiro atoms. The molecule has 1 fully saturated rings. The maximum Gasteiger partial charge on any atom is 0.246 e. The van der Waals surface area contributed by atoms with Gasteiger partial charge >= 0.3 is 0 Å². The summed E-state index contributed by atoms with van der Waals surface area (Å²) in [6, 6.07) is 9.88. The van der Waals surface area contributed by atoms with Gasteiger partial charge in [0.15, 0.2) is 0 Å². The van der Waals surface area contributed by atoms with Crippen LogP contribution in [0.1, 0.15) is 5.56 Å². The third kappa shape index (κ3) is 2.94. The van der Waals surface area contributed by atoms with E-state index >= 15 is 0 Å². The summed E-state index contributed by atoms with van der Waals surface area (Å²) >= 11 is 0. The Labute approximate surface area is 95.8 Å². The van der Waals surface area contributed by atoms with Gasteiger partial charge in [-0.3, -0.25) is 4.79 Å². The lowest BCUT2D eigenvalue weighted by Crippen LogP contribution is -2.45. The monoisotopic (exact) mass is 216 g/mol. The minimum Gasteiger partial charge on any atom is -0.337 e. The van der Waals surface area contributed by atoms with E-state index in [1.165, 1.54) is 0 Å². The van der Waals surface area contributed by atoms with E-state index in [4.69, 9.17) is 0 Å². The van der Waals surface area contributed by atoms with Crippen LogP contribution in [0.15, 0.2) is 36.4 Å². The van der Waals surface area contributed by atoms with Crippen LogP contribution < -0.4 is 5.32 Å². The van der Waals surface area contributed by atoms with Crippen molar-refractivity contribution in [2.75, 3.05) is 26.2 Å². The van der Waals surface area contributed by atoms with Gasteiger partial charge in [-0.05, 0) is 11.6 Å². The first-order valence-corrected chi connectivity index (χ1v) is 5.59. The average molecular weight is 216 g/mol. The van der Waals surface area contributed by atoms with Gasteiger partial charge in [0.1, 0.15) is 0 Å². The molecule has 0 aromatic heterocycles. The molecule has 1 aromatic carbocycles. The van der Waals surface area contributed by atoms with Crippen molar-refractivity contribution >= 4 is 12.0 Å². The van der Waals surface area contributed by atoms with E-state index in [1.807, 2.05) is 41.3 Å². The fourth-order valence-corrected chi connectivity index (χ4v) is 1.72. The average Bonchev–Trinajstić information content (AvgIpc) is 2.38. The van der Waals surface area contributed by atoms with Crippen molar-refractivity contribution in [1.82, 2.24) is 10.2 Å². The summed E-state index contributed by atoms with van der Waals surface area (Å²) in [5.74, 6) is 0.102. The zero-order chi connectivity index (χ0) is 11.2. The van der Waals surface area contributed by atoms with Gasteiger partial charge in [0.25, 0.3) is 0 Å². The van der Waals surface area contributed by atoms with Crippen LogP contribution in [0.3, 0.4) is 0 Å². The van der Waals surface area contributed by atoms with Gasteiger partial charge in [-0.2, -0.15) is 0 Å². The molecule has 0 atom stereocenters. The quantitative estimate of drug-likeness (QED) is 0.752. The second-order valence-electron chi connectivity index (χ2n) is 3.82. The molecule has 3 heteroatoms. The van der Waals surface area contributed by atoms with Gasteiger partial charge in [0.05, 0.1) is 0 Å². The summed E-state index contributed by atoms with van der Waals surface area (Å²) in [5, 5.41) is 3.23. The van der Waals surface area contributed by atoms with Gasteiger partial charge < -0.3 is 10.2 Å². The Hall–Kier alpha value is -1.61. The Bertz CT molecular complexity index is 367. The van der Waals surface area contributed by atoms with Crippen molar-refractivity contribution in [3.8, 4) is 0 Å². The number of hydrogen-bond donors (Lipinski definition) is 1. The molecule has 1 aliphatic heterocycles. The normalized spacial score (nSPS) is 16.6. The number of carbonyl (C=O) groups is 1. The number of hydrogen-bond acceptors (Lipinski definition) is 2. The number of benzene rings is 1. The van der Waals surface area contributed by atoms with Crippen molar-refractivity contribution in [2.24, 2.45) is 0 Å². The van der Waals surface area contributed by atoms with Gasteiger partial charge in [-0.15, -0.1) is 0 Å². The van der Waals surface area contributed by atoms with E-state index < -0.39 is 0 Å². The van der Waals surface area contributed by atoms with Crippen LogP contribution in [-0.4, -0.2) is 37.0 Å². The summed E-state index contributed by atoms with van der Waals surface area (Å²) in [4.78, 5) is 13.7. The SMILES string of the molecule is O=C(/C=C\c1ccccc1)N1CCNCC1. The Kier molecular flexibility index (Phi) is 3.72. The standard InChI is InChI=1S/C13H16N2O/c16-13(15-10-8-14-9-11-15)7-6-12-4-2-1-3-5-12/h1-7,14H,8-11H2/b7-6-. The first-order valence-electron chi connectivity index (χ1n) is 5.59. The molecule has 16 heavy (non-hydrogen) atoms. The maximum atomic E-state index is 11.8. The Morgan fingerprint density at radius 1 is 1.19 bits per heavy atom. The molecule has 2 rings (SSSR count). The van der Waals surface area contributed by atoms with Crippen LogP contribution in [0.25, 0.3) is 6.08 Å². The Balaban J connectivity index is 1.93. The lowest BCUT2D eigenvalue weighted by molar-refractivity contribution is -0.126. The van der Waals surface area contributed by atoms with Crippen molar-refractivity contribution in [3.05, 3.63) is 42.0 Å². The van der Waals surface area contributed by atoms with Crippen LogP contribution in [0, 0.1) is 0 Å². The van der Waals surface area contributed by atoms with Crippen LogP contribution >= 0.6 is 0 Å². The minimum absolute atomic E-state index is 0.102. The predicted molar refractivity (Wildman–Crippen MR) is 64.9 cm³/mol. The number of rotatable bonds is 2. The van der Waals surface area contributed by atoms with E-state index in [1.54, 1.807) is 6.08 Å². The van der Waals surface area contributed by atoms with Crippen LogP contribution in [0.2, 0.25) is 0 Å². The van der Waals surface area contributed by atoms with Gasteiger partial charge in [0, 0.05) is 32.3 Å². The lowest BCUT2D eigenvalue weighted by atomic mass is 10.2. The molecule has 0 bridgehead atoms. The van der Waals surface area contributed by atoms with Gasteiger partial charge in [0.2, 0.25) is 5.91 Å². The summed E-state index contributed by atoms with van der Waals surface area (Å²) < 4.78 is 0.